The molecule has 0 saturated carbocycles. The molecule has 0 aromatic carbocycles. The van der Waals surface area contributed by atoms with Gasteiger partial charge in [-0.2, -0.15) is 0 Å². The zero-order valence-corrected chi connectivity index (χ0v) is 52.3. The van der Waals surface area contributed by atoms with E-state index in [1.807, 2.05) is 33.3 Å². The molecule has 0 aromatic heterocycles. The second kappa shape index (κ2) is 59.9. The first-order chi connectivity index (χ1) is 40.0. The van der Waals surface area contributed by atoms with Gasteiger partial charge in [0, 0.05) is 12.8 Å². The molecule has 454 valence electrons. The highest BCUT2D eigenvalue weighted by Gasteiger charge is 2.27. The predicted molar refractivity (Wildman–Crippen MR) is 352 cm³/mol. The quantitative estimate of drug-likeness (QED) is 0.0211. The van der Waals surface area contributed by atoms with E-state index in [9.17, 15) is 19.0 Å². The number of nitrogens with zero attached hydrogens (tertiary/aromatic N) is 1. The van der Waals surface area contributed by atoms with Crippen molar-refractivity contribution in [2.45, 2.75) is 174 Å². The monoisotopic (exact) mass is 1150 g/mol. The number of carbonyl (C=O) groups excluding carboxylic acids is 2. The van der Waals surface area contributed by atoms with Crippen LogP contribution >= 0.6 is 7.82 Å². The van der Waals surface area contributed by atoms with Crippen LogP contribution in [0.3, 0.4) is 0 Å². The third kappa shape index (κ3) is 63.5. The van der Waals surface area contributed by atoms with Gasteiger partial charge in [0.2, 0.25) is 0 Å². The van der Waals surface area contributed by atoms with Crippen LogP contribution in [0.15, 0.2) is 219 Å². The summed E-state index contributed by atoms with van der Waals surface area (Å²) in [5.41, 5.74) is 0. The first-order valence-electron chi connectivity index (χ1n) is 30.5. The largest absolute Gasteiger partial charge is 0.472 e. The number of unbranched alkanes of at least 4 members (excludes halogenated alkanes) is 2. The topological polar surface area (TPSA) is 108 Å². The Balaban J connectivity index is 4.44. The molecular weight excluding hydrogens is 1040 g/mol. The minimum Gasteiger partial charge on any atom is -0.462 e. The first-order valence-corrected chi connectivity index (χ1v) is 32.0. The van der Waals surface area contributed by atoms with Crippen molar-refractivity contribution in [2.75, 3.05) is 47.5 Å². The van der Waals surface area contributed by atoms with Crippen LogP contribution in [0, 0.1) is 0 Å². The summed E-state index contributed by atoms with van der Waals surface area (Å²) in [6.07, 6.45) is 97.4. The third-order valence-electron chi connectivity index (χ3n) is 11.5. The normalized spacial score (nSPS) is 14.8. The summed E-state index contributed by atoms with van der Waals surface area (Å²) >= 11 is 0. The number of carbonyl (C=O) groups is 2. The van der Waals surface area contributed by atoms with Crippen LogP contribution in [0.2, 0.25) is 0 Å². The molecule has 0 rings (SSSR count). The number of phosphoric ester groups is 1. The number of rotatable bonds is 52. The lowest BCUT2D eigenvalue weighted by molar-refractivity contribution is -0.870. The van der Waals surface area contributed by atoms with E-state index in [1.165, 1.54) is 0 Å². The predicted octanol–water partition coefficient (Wildman–Crippen LogP) is 19.7. The summed E-state index contributed by atoms with van der Waals surface area (Å²) in [4.78, 5) is 35.7. The molecule has 0 aromatic rings. The maximum absolute atomic E-state index is 12.8. The van der Waals surface area contributed by atoms with Crippen molar-refractivity contribution in [1.29, 1.82) is 0 Å². The maximum atomic E-state index is 12.8. The first kappa shape index (κ1) is 76.3. The van der Waals surface area contributed by atoms with Crippen molar-refractivity contribution in [3.8, 4) is 0 Å². The molecule has 1 N–H and O–H groups in total. The fourth-order valence-corrected chi connectivity index (χ4v) is 7.64. The fourth-order valence-electron chi connectivity index (χ4n) is 6.90. The van der Waals surface area contributed by atoms with Crippen LogP contribution in [0.1, 0.15) is 168 Å². The Hall–Kier alpha value is -5.67. The van der Waals surface area contributed by atoms with Gasteiger partial charge in [-0.25, -0.2) is 4.57 Å². The van der Waals surface area contributed by atoms with Crippen LogP contribution < -0.4 is 0 Å². The van der Waals surface area contributed by atoms with E-state index in [2.05, 4.69) is 220 Å². The average molecular weight is 1150 g/mol. The smallest absolute Gasteiger partial charge is 0.462 e. The van der Waals surface area contributed by atoms with E-state index < -0.39 is 32.5 Å². The van der Waals surface area contributed by atoms with Crippen LogP contribution in [0.5, 0.6) is 0 Å². The van der Waals surface area contributed by atoms with E-state index in [0.717, 1.165) is 116 Å². The Morgan fingerprint density at radius 1 is 0.378 bits per heavy atom. The molecule has 0 heterocycles. The summed E-state index contributed by atoms with van der Waals surface area (Å²) in [6, 6.07) is 0. The summed E-state index contributed by atoms with van der Waals surface area (Å²) in [7, 11) is 1.37. The molecule has 82 heavy (non-hydrogen) atoms. The molecule has 0 spiro atoms. The van der Waals surface area contributed by atoms with E-state index in [4.69, 9.17) is 18.5 Å². The van der Waals surface area contributed by atoms with Crippen LogP contribution in [-0.2, 0) is 32.7 Å². The van der Waals surface area contributed by atoms with E-state index in [-0.39, 0.29) is 26.1 Å². The molecule has 0 radical (unpaired) electrons. The van der Waals surface area contributed by atoms with Crippen LogP contribution in [0.25, 0.3) is 0 Å². The molecule has 0 amide bonds. The molecule has 0 aliphatic rings. The SMILES string of the molecule is CC/C=C\C/C=C\C/C=C\C/C=C\C/C=C\C/C=C\C/C=C\C/C=C\C/C=C\CCCC(=O)OCC(COP(=O)(O)OCC[N+](C)(C)C)OC(=O)CCC/C=C\C/C=C\C/C=C\C/C=C\C/C=C\C/C=C\C/C=C\C/C=C\C/C=C\CC. The number of hydrogen-bond donors (Lipinski definition) is 1. The molecule has 9 nitrogen and oxygen atoms in total. The second-order valence-electron chi connectivity index (χ2n) is 20.3. The molecule has 2 unspecified atom stereocenters. The zero-order chi connectivity index (χ0) is 59.8. The molecule has 2 atom stereocenters. The van der Waals surface area contributed by atoms with Gasteiger partial charge < -0.3 is 18.9 Å². The third-order valence-corrected chi connectivity index (χ3v) is 12.5. The highest BCUT2D eigenvalue weighted by atomic mass is 31.2. The highest BCUT2D eigenvalue weighted by Crippen LogP contribution is 2.43. The minimum absolute atomic E-state index is 0.00278. The number of quaternary nitrogens is 1. The van der Waals surface area contributed by atoms with Gasteiger partial charge in [0.25, 0.3) is 0 Å². The molecule has 0 bridgehead atoms. The van der Waals surface area contributed by atoms with E-state index >= 15 is 0 Å². The Morgan fingerprint density at radius 3 is 0.902 bits per heavy atom. The Kier molecular flexibility index (Phi) is 55.8. The summed E-state index contributed by atoms with van der Waals surface area (Å²) in [5, 5.41) is 0. The number of ether oxygens (including phenoxy) is 2. The summed E-state index contributed by atoms with van der Waals surface area (Å²) in [6.45, 7) is 4.02. The van der Waals surface area contributed by atoms with Crippen molar-refractivity contribution < 1.29 is 42.1 Å². The number of esters is 2. The molecule has 10 heteroatoms. The highest BCUT2D eigenvalue weighted by molar-refractivity contribution is 7.47. The van der Waals surface area contributed by atoms with Gasteiger partial charge in [0.1, 0.15) is 19.8 Å². The molecular formula is C72H109NO8P+. The molecule has 0 fully saturated rings. The number of likely N-dealkylation sites (N-methyl/N-ethyl adjacent to an activating group) is 1. The lowest BCUT2D eigenvalue weighted by atomic mass is 10.2. The van der Waals surface area contributed by atoms with Gasteiger partial charge >= 0.3 is 19.8 Å². The standard InChI is InChI=1S/C72H108NO8P/c1-6-8-10-12-14-16-18-20-22-24-26-28-30-32-34-36-38-40-42-44-46-48-50-52-54-56-58-60-62-64-71(74)78-68-70(69-80-82(76,77)79-67-66-73(3,4)5)81-72(75)65-63-61-59-57-55-53-51-49-47-45-43-41-39-37-35-33-31-29-27-25-23-21-19-17-15-13-11-9-7-2/h8-11,14-17,20-23,26-29,32-35,38-41,44-47,50-53,56-59,70H,6-7,12-13,18-19,24-25,30-31,36-37,42-43,48-49,54-55,60-69H2,1-5H3/p+1/b10-8-,11-9-,16-14-,17-15-,22-20-,23-21-,28-26-,29-27-,34-32-,35-33-,40-38-,41-39-,46-44-,47-45-,52-50-,53-51-,58-56-,59-57-. The Morgan fingerprint density at radius 2 is 0.634 bits per heavy atom. The molecule has 0 saturated heterocycles. The van der Waals surface area contributed by atoms with Crippen molar-refractivity contribution in [3.05, 3.63) is 219 Å². The van der Waals surface area contributed by atoms with Crippen molar-refractivity contribution in [3.63, 3.8) is 0 Å². The van der Waals surface area contributed by atoms with Gasteiger partial charge in [-0.3, -0.25) is 18.6 Å². The minimum atomic E-state index is -4.44. The fraction of sp³-hybridized carbons (Fsp3) is 0.472. The number of hydrogen-bond acceptors (Lipinski definition) is 7. The van der Waals surface area contributed by atoms with Crippen molar-refractivity contribution in [2.24, 2.45) is 0 Å². The Labute approximate surface area is 499 Å². The maximum Gasteiger partial charge on any atom is 0.472 e. The lowest BCUT2D eigenvalue weighted by Crippen LogP contribution is -2.37. The molecule has 0 aliphatic heterocycles. The lowest BCUT2D eigenvalue weighted by Gasteiger charge is -2.24. The average Bonchev–Trinajstić information content (AvgIpc) is 3.44. The van der Waals surface area contributed by atoms with Crippen LogP contribution in [0.4, 0.5) is 0 Å². The van der Waals surface area contributed by atoms with Gasteiger partial charge in [0.05, 0.1) is 27.7 Å². The van der Waals surface area contributed by atoms with Gasteiger partial charge in [-0.15, -0.1) is 0 Å². The molecule has 0 aliphatic carbocycles. The summed E-state index contributed by atoms with van der Waals surface area (Å²) in [5.74, 6) is -0.962. The van der Waals surface area contributed by atoms with Crippen LogP contribution in [-0.4, -0.2) is 74.9 Å². The number of allylic oxidation sites excluding steroid dienone is 36. The van der Waals surface area contributed by atoms with Gasteiger partial charge in [0.15, 0.2) is 6.10 Å². The van der Waals surface area contributed by atoms with Crippen molar-refractivity contribution in [1.82, 2.24) is 0 Å². The Bertz CT molecular complexity index is 2180. The van der Waals surface area contributed by atoms with Gasteiger partial charge in [-0.05, 0) is 141 Å². The van der Waals surface area contributed by atoms with Crippen molar-refractivity contribution >= 4 is 19.8 Å². The van der Waals surface area contributed by atoms with E-state index in [0.29, 0.717) is 36.7 Å². The zero-order valence-electron chi connectivity index (χ0n) is 51.4. The number of phosphoric acid groups is 1. The van der Waals surface area contributed by atoms with Gasteiger partial charge in [-0.1, -0.05) is 233 Å². The second-order valence-corrected chi connectivity index (χ2v) is 21.7. The summed E-state index contributed by atoms with van der Waals surface area (Å²) < 4.78 is 34.4. The van der Waals surface area contributed by atoms with E-state index in [1.54, 1.807) is 0 Å².